The molecular formula is C19H19N5O5S2. The van der Waals surface area contributed by atoms with Crippen molar-refractivity contribution in [3.8, 4) is 0 Å². The second-order valence-electron chi connectivity index (χ2n) is 6.89. The second-order valence-corrected chi connectivity index (χ2v) is 8.92. The van der Waals surface area contributed by atoms with Crippen LogP contribution in [0.1, 0.15) is 18.5 Å². The highest BCUT2D eigenvalue weighted by atomic mass is 32.2. The zero-order valence-corrected chi connectivity index (χ0v) is 18.0. The summed E-state index contributed by atoms with van der Waals surface area (Å²) in [6.45, 7) is 1.85. The number of rotatable bonds is 7. The van der Waals surface area contributed by atoms with Gasteiger partial charge in [0.15, 0.2) is 0 Å². The lowest BCUT2D eigenvalue weighted by Gasteiger charge is -2.49. The summed E-state index contributed by atoms with van der Waals surface area (Å²) in [5.74, 6) is -0.907. The van der Waals surface area contributed by atoms with Crippen molar-refractivity contribution in [2.75, 3.05) is 11.5 Å². The van der Waals surface area contributed by atoms with Crippen molar-refractivity contribution in [3.63, 3.8) is 0 Å². The van der Waals surface area contributed by atoms with Gasteiger partial charge in [0.05, 0.1) is 6.04 Å². The molecule has 3 amide bonds. The van der Waals surface area contributed by atoms with Crippen molar-refractivity contribution < 1.29 is 23.9 Å². The van der Waals surface area contributed by atoms with Gasteiger partial charge in [-0.2, -0.15) is 0 Å². The molecule has 1 saturated heterocycles. The Balaban J connectivity index is 1.40. The van der Waals surface area contributed by atoms with E-state index in [1.165, 1.54) is 34.8 Å². The first-order valence-electron chi connectivity index (χ1n) is 9.36. The molecule has 0 spiro atoms. The molecule has 2 unspecified atom stereocenters. The molecule has 10 nitrogen and oxygen atoms in total. The fraction of sp³-hybridized carbons (Fsp3) is 0.316. The highest BCUT2D eigenvalue weighted by Gasteiger charge is 2.54. The summed E-state index contributed by atoms with van der Waals surface area (Å²) >= 11 is 2.62. The van der Waals surface area contributed by atoms with Gasteiger partial charge >= 0.3 is 12.0 Å². The molecule has 4 rings (SSSR count). The molecule has 3 N–H and O–H groups in total. The fourth-order valence-corrected chi connectivity index (χ4v) is 5.60. The lowest BCUT2D eigenvalue weighted by atomic mass is 10.0. The van der Waals surface area contributed by atoms with E-state index in [0.717, 1.165) is 5.56 Å². The average Bonchev–Trinajstić information content (AvgIpc) is 3.29. The predicted octanol–water partition coefficient (Wildman–Crippen LogP) is 1.84. The number of nitrogens with one attached hydrogen (secondary N) is 2. The predicted molar refractivity (Wildman–Crippen MR) is 113 cm³/mol. The zero-order valence-electron chi connectivity index (χ0n) is 16.3. The van der Waals surface area contributed by atoms with Crippen LogP contribution in [0.5, 0.6) is 0 Å². The maximum atomic E-state index is 12.7. The molecule has 31 heavy (non-hydrogen) atoms. The molecule has 1 aromatic heterocycles. The molecule has 0 bridgehead atoms. The van der Waals surface area contributed by atoms with Crippen LogP contribution in [0, 0.1) is 0 Å². The number of fused-ring (bicyclic) bond motifs is 1. The minimum absolute atomic E-state index is 0.0446. The van der Waals surface area contributed by atoms with E-state index in [2.05, 4.69) is 20.8 Å². The van der Waals surface area contributed by atoms with Gasteiger partial charge in [0.2, 0.25) is 6.39 Å². The van der Waals surface area contributed by atoms with Crippen LogP contribution < -0.4 is 10.6 Å². The summed E-state index contributed by atoms with van der Waals surface area (Å²) in [4.78, 5) is 38.2. The number of carbonyl (C=O) groups excluding carboxylic acids is 2. The van der Waals surface area contributed by atoms with Gasteiger partial charge in [0.1, 0.15) is 17.1 Å². The van der Waals surface area contributed by atoms with Crippen molar-refractivity contribution in [1.29, 1.82) is 0 Å². The molecule has 12 heteroatoms. The van der Waals surface area contributed by atoms with Gasteiger partial charge in [-0.15, -0.1) is 22.0 Å². The van der Waals surface area contributed by atoms with Crippen molar-refractivity contribution in [1.82, 2.24) is 25.7 Å². The number of urea groups is 1. The Morgan fingerprint density at radius 3 is 2.84 bits per heavy atom. The van der Waals surface area contributed by atoms with Gasteiger partial charge in [0.25, 0.3) is 11.1 Å². The molecular weight excluding hydrogens is 442 g/mol. The number of carboxylic acid groups (broad SMARTS) is 1. The van der Waals surface area contributed by atoms with Gasteiger partial charge in [-0.3, -0.25) is 9.69 Å². The van der Waals surface area contributed by atoms with Crippen molar-refractivity contribution in [3.05, 3.63) is 53.6 Å². The van der Waals surface area contributed by atoms with E-state index in [4.69, 9.17) is 4.42 Å². The van der Waals surface area contributed by atoms with Crippen LogP contribution in [0.25, 0.3) is 0 Å². The Bertz CT molecular complexity index is 1010. The van der Waals surface area contributed by atoms with E-state index in [1.807, 2.05) is 37.3 Å². The number of hydrogen-bond acceptors (Lipinski definition) is 8. The smallest absolute Gasteiger partial charge is 0.352 e. The Labute approximate surface area is 185 Å². The monoisotopic (exact) mass is 461 g/mol. The summed E-state index contributed by atoms with van der Waals surface area (Å²) in [6, 6.07) is 7.94. The van der Waals surface area contributed by atoms with E-state index >= 15 is 0 Å². The van der Waals surface area contributed by atoms with Crippen LogP contribution in [0.15, 0.2) is 57.6 Å². The van der Waals surface area contributed by atoms with Crippen LogP contribution in [-0.4, -0.2) is 61.0 Å². The Morgan fingerprint density at radius 1 is 1.39 bits per heavy atom. The van der Waals surface area contributed by atoms with Crippen LogP contribution in [-0.2, 0) is 9.59 Å². The third-order valence-corrected chi connectivity index (χ3v) is 7.15. The lowest BCUT2D eigenvalue weighted by Crippen LogP contribution is -2.71. The largest absolute Gasteiger partial charge is 0.477 e. The Kier molecular flexibility index (Phi) is 6.18. The number of hydrogen-bond donors (Lipinski definition) is 3. The molecule has 2 aromatic rings. The summed E-state index contributed by atoms with van der Waals surface area (Å²) in [6.07, 6.45) is 1.19. The fourth-order valence-electron chi connectivity index (χ4n) is 3.37. The number of thioether (sulfide) groups is 2. The van der Waals surface area contributed by atoms with E-state index in [0.29, 0.717) is 22.3 Å². The van der Waals surface area contributed by atoms with Crippen LogP contribution >= 0.6 is 23.5 Å². The summed E-state index contributed by atoms with van der Waals surface area (Å²) in [7, 11) is 0. The molecule has 3 atom stereocenters. The Hall–Kier alpha value is -2.99. The number of benzene rings is 1. The molecule has 2 aliphatic rings. The molecule has 1 fully saturated rings. The SMILES string of the molecule is CC(NC(=O)NC1C(=O)N2C(C(=O)O)=C(CSc3nnco3)CS[C@H]12)c1ccccc1. The average molecular weight is 462 g/mol. The summed E-state index contributed by atoms with van der Waals surface area (Å²) < 4.78 is 5.06. The molecule has 0 radical (unpaired) electrons. The summed E-state index contributed by atoms with van der Waals surface area (Å²) in [5.41, 5.74) is 1.48. The van der Waals surface area contributed by atoms with Crippen LogP contribution in [0.4, 0.5) is 4.79 Å². The van der Waals surface area contributed by atoms with Crippen LogP contribution in [0.3, 0.4) is 0 Å². The first-order valence-corrected chi connectivity index (χ1v) is 11.4. The van der Waals surface area contributed by atoms with Gasteiger partial charge in [-0.05, 0) is 18.1 Å². The highest BCUT2D eigenvalue weighted by molar-refractivity contribution is 8.01. The van der Waals surface area contributed by atoms with Crippen molar-refractivity contribution in [2.24, 2.45) is 0 Å². The normalized spacial score (nSPS) is 21.2. The van der Waals surface area contributed by atoms with E-state index in [-0.39, 0.29) is 11.7 Å². The van der Waals surface area contributed by atoms with E-state index < -0.39 is 29.3 Å². The van der Waals surface area contributed by atoms with E-state index in [9.17, 15) is 19.5 Å². The molecule has 0 aliphatic carbocycles. The minimum Gasteiger partial charge on any atom is -0.477 e. The quantitative estimate of drug-likeness (QED) is 0.416. The van der Waals surface area contributed by atoms with Crippen molar-refractivity contribution in [2.45, 2.75) is 29.6 Å². The van der Waals surface area contributed by atoms with Gasteiger partial charge < -0.3 is 20.2 Å². The molecule has 1 aromatic carbocycles. The second kappa shape index (κ2) is 9.02. The summed E-state index contributed by atoms with van der Waals surface area (Å²) in [5, 5.41) is 22.4. The molecule has 0 saturated carbocycles. The third-order valence-electron chi connectivity index (χ3n) is 4.89. The number of amides is 3. The highest BCUT2D eigenvalue weighted by Crippen LogP contribution is 2.41. The third kappa shape index (κ3) is 4.39. The molecule has 162 valence electrons. The lowest BCUT2D eigenvalue weighted by molar-refractivity contribution is -0.148. The Morgan fingerprint density at radius 2 is 2.16 bits per heavy atom. The number of aliphatic carboxylic acids is 1. The maximum absolute atomic E-state index is 12.7. The molecule has 3 heterocycles. The number of nitrogens with zero attached hydrogens (tertiary/aromatic N) is 3. The first-order chi connectivity index (χ1) is 15.0. The number of aromatic nitrogens is 2. The van der Waals surface area contributed by atoms with Gasteiger partial charge in [-0.1, -0.05) is 42.1 Å². The standard InChI is InChI=1S/C19H19N5O5S2/c1-10(11-5-3-2-4-6-11)21-18(28)22-13-15(25)24-14(17(26)27)12(7-30-16(13)24)8-31-19-23-20-9-29-19/h2-6,9-10,13,16H,7-8H2,1H3,(H,26,27)(H2,21,22,28)/t10?,13?,16-/m1/s1. The maximum Gasteiger partial charge on any atom is 0.352 e. The first kappa shape index (κ1) is 21.2. The molecule has 2 aliphatic heterocycles. The zero-order chi connectivity index (χ0) is 22.0. The van der Waals surface area contributed by atoms with Gasteiger partial charge in [0, 0.05) is 11.5 Å². The van der Waals surface area contributed by atoms with E-state index in [1.54, 1.807) is 0 Å². The minimum atomic E-state index is -1.18. The number of carboxylic acids is 1. The van der Waals surface area contributed by atoms with Gasteiger partial charge in [-0.25, -0.2) is 9.59 Å². The number of β-lactam (4-membered cyclic amide) rings is 1. The topological polar surface area (TPSA) is 138 Å². The number of carbonyl (C=O) groups is 3. The van der Waals surface area contributed by atoms with Crippen LogP contribution in [0.2, 0.25) is 0 Å². The van der Waals surface area contributed by atoms with Crippen molar-refractivity contribution >= 4 is 41.4 Å².